The van der Waals surface area contributed by atoms with Crippen molar-refractivity contribution in [1.29, 1.82) is 0 Å². The number of aliphatic hydroxyl groups excluding tert-OH is 1. The molecular weight excluding hydrogens is 239 g/mol. The Morgan fingerprint density at radius 3 is 2.37 bits per heavy atom. The maximum absolute atomic E-state index is 12.9. The highest BCUT2D eigenvalue weighted by Crippen LogP contribution is 2.28. The third kappa shape index (κ3) is 3.21. The molecule has 0 heterocycles. The molecule has 2 aromatic rings. The lowest BCUT2D eigenvalue weighted by atomic mass is 9.77. The van der Waals surface area contributed by atoms with Crippen LogP contribution in [0.2, 0.25) is 0 Å². The first kappa shape index (κ1) is 13.8. The Morgan fingerprint density at radius 2 is 1.79 bits per heavy atom. The fourth-order valence-electron chi connectivity index (χ4n) is 2.32. The van der Waals surface area contributed by atoms with Gasteiger partial charge in [-0.05, 0) is 36.6 Å². The molecule has 0 aliphatic heterocycles. The second kappa shape index (κ2) is 5.54. The van der Waals surface area contributed by atoms with Crippen molar-refractivity contribution in [2.24, 2.45) is 0 Å². The van der Waals surface area contributed by atoms with E-state index in [9.17, 15) is 9.50 Å². The van der Waals surface area contributed by atoms with Crippen LogP contribution in [0.1, 0.15) is 23.6 Å². The van der Waals surface area contributed by atoms with Gasteiger partial charge in [0.05, 0.1) is 6.61 Å². The fraction of sp³-hybridized carbons (Fsp3) is 0.294. The van der Waals surface area contributed by atoms with Crippen molar-refractivity contribution in [2.45, 2.75) is 25.7 Å². The summed E-state index contributed by atoms with van der Waals surface area (Å²) < 4.78 is 12.9. The van der Waals surface area contributed by atoms with E-state index in [0.717, 1.165) is 11.1 Å². The molecule has 1 nitrogen and oxygen atoms in total. The van der Waals surface area contributed by atoms with Gasteiger partial charge < -0.3 is 5.11 Å². The molecule has 1 atom stereocenters. The highest BCUT2D eigenvalue weighted by atomic mass is 19.1. The monoisotopic (exact) mass is 258 g/mol. The summed E-state index contributed by atoms with van der Waals surface area (Å²) in [6.07, 6.45) is 0.688. The summed E-state index contributed by atoms with van der Waals surface area (Å²) in [5, 5.41) is 9.77. The number of benzene rings is 2. The van der Waals surface area contributed by atoms with Crippen LogP contribution in [0, 0.1) is 12.7 Å². The predicted octanol–water partition coefficient (Wildman–Crippen LogP) is 3.63. The molecule has 2 rings (SSSR count). The Hall–Kier alpha value is -1.67. The number of aliphatic hydroxyl groups is 1. The third-order valence-electron chi connectivity index (χ3n) is 3.57. The van der Waals surface area contributed by atoms with Crippen LogP contribution in [0.15, 0.2) is 48.5 Å². The smallest absolute Gasteiger partial charge is 0.123 e. The number of rotatable bonds is 4. The molecule has 2 heteroatoms. The average molecular weight is 258 g/mol. The average Bonchev–Trinajstić information content (AvgIpc) is 2.41. The van der Waals surface area contributed by atoms with E-state index in [2.05, 4.69) is 6.07 Å². The van der Waals surface area contributed by atoms with Crippen molar-refractivity contribution in [3.63, 3.8) is 0 Å². The van der Waals surface area contributed by atoms with Crippen LogP contribution in [-0.2, 0) is 11.8 Å². The molecule has 0 bridgehead atoms. The van der Waals surface area contributed by atoms with Crippen molar-refractivity contribution < 1.29 is 9.50 Å². The maximum atomic E-state index is 12.9. The molecule has 0 aliphatic rings. The Labute approximate surface area is 113 Å². The molecule has 2 aromatic carbocycles. The van der Waals surface area contributed by atoms with Gasteiger partial charge in [-0.2, -0.15) is 0 Å². The molecule has 0 spiro atoms. The molecular formula is C17H19FO. The Bertz CT molecular complexity index is 547. The van der Waals surface area contributed by atoms with E-state index in [1.54, 1.807) is 12.1 Å². The number of hydrogen-bond acceptors (Lipinski definition) is 1. The first-order chi connectivity index (χ1) is 9.03. The maximum Gasteiger partial charge on any atom is 0.123 e. The lowest BCUT2D eigenvalue weighted by Gasteiger charge is -2.28. The van der Waals surface area contributed by atoms with Gasteiger partial charge in [-0.25, -0.2) is 4.39 Å². The van der Waals surface area contributed by atoms with Gasteiger partial charge in [-0.1, -0.05) is 48.9 Å². The molecule has 1 unspecified atom stereocenters. The highest BCUT2D eigenvalue weighted by Gasteiger charge is 2.26. The second-order valence-electron chi connectivity index (χ2n) is 5.39. The zero-order valence-electron chi connectivity index (χ0n) is 11.4. The Balaban J connectivity index is 2.30. The normalized spacial score (nSPS) is 14.1. The SMILES string of the molecule is Cc1cccc(C(C)(CO)Cc2ccc(F)cc2)c1. The molecule has 0 saturated heterocycles. The van der Waals surface area contributed by atoms with Crippen molar-refractivity contribution >= 4 is 0 Å². The lowest BCUT2D eigenvalue weighted by molar-refractivity contribution is 0.204. The van der Waals surface area contributed by atoms with E-state index in [4.69, 9.17) is 0 Å². The second-order valence-corrected chi connectivity index (χ2v) is 5.39. The van der Waals surface area contributed by atoms with Crippen LogP contribution in [0.25, 0.3) is 0 Å². The number of aryl methyl sites for hydroxylation is 1. The van der Waals surface area contributed by atoms with Gasteiger partial charge >= 0.3 is 0 Å². The van der Waals surface area contributed by atoms with Crippen LogP contribution in [0.3, 0.4) is 0 Å². The number of hydrogen-bond donors (Lipinski definition) is 1. The van der Waals surface area contributed by atoms with E-state index >= 15 is 0 Å². The summed E-state index contributed by atoms with van der Waals surface area (Å²) in [5.74, 6) is -0.231. The molecule has 0 saturated carbocycles. The van der Waals surface area contributed by atoms with Gasteiger partial charge in [0.2, 0.25) is 0 Å². The van der Waals surface area contributed by atoms with Crippen LogP contribution >= 0.6 is 0 Å². The van der Waals surface area contributed by atoms with Gasteiger partial charge in [0.15, 0.2) is 0 Å². The lowest BCUT2D eigenvalue weighted by Crippen LogP contribution is -2.29. The van der Waals surface area contributed by atoms with E-state index in [-0.39, 0.29) is 17.8 Å². The molecule has 0 fully saturated rings. The number of halogens is 1. The van der Waals surface area contributed by atoms with Crippen LogP contribution in [0.5, 0.6) is 0 Å². The minimum Gasteiger partial charge on any atom is -0.395 e. The van der Waals surface area contributed by atoms with Gasteiger partial charge in [-0.15, -0.1) is 0 Å². The van der Waals surface area contributed by atoms with Crippen molar-refractivity contribution in [3.05, 3.63) is 71.0 Å². The van der Waals surface area contributed by atoms with Gasteiger partial charge in [0.25, 0.3) is 0 Å². The first-order valence-electron chi connectivity index (χ1n) is 6.46. The molecule has 0 radical (unpaired) electrons. The van der Waals surface area contributed by atoms with Crippen LogP contribution in [-0.4, -0.2) is 11.7 Å². The van der Waals surface area contributed by atoms with Crippen molar-refractivity contribution in [3.8, 4) is 0 Å². The topological polar surface area (TPSA) is 20.2 Å². The minimum atomic E-state index is -0.343. The molecule has 1 N–H and O–H groups in total. The van der Waals surface area contributed by atoms with Gasteiger partial charge in [0.1, 0.15) is 5.82 Å². The molecule has 19 heavy (non-hydrogen) atoms. The quantitative estimate of drug-likeness (QED) is 0.888. The third-order valence-corrected chi connectivity index (χ3v) is 3.57. The predicted molar refractivity (Wildman–Crippen MR) is 75.7 cm³/mol. The van der Waals surface area contributed by atoms with Crippen LogP contribution < -0.4 is 0 Å². The summed E-state index contributed by atoms with van der Waals surface area (Å²) in [6, 6.07) is 14.7. The van der Waals surface area contributed by atoms with Crippen molar-refractivity contribution in [2.75, 3.05) is 6.61 Å². The van der Waals surface area contributed by atoms with E-state index in [1.165, 1.54) is 17.7 Å². The summed E-state index contributed by atoms with van der Waals surface area (Å²) >= 11 is 0. The standard InChI is InChI=1S/C17H19FO/c1-13-4-3-5-15(10-13)17(2,12-19)11-14-6-8-16(18)9-7-14/h3-10,19H,11-12H2,1-2H3. The molecule has 0 amide bonds. The van der Waals surface area contributed by atoms with Gasteiger partial charge in [-0.3, -0.25) is 0 Å². The van der Waals surface area contributed by atoms with Crippen LogP contribution in [0.4, 0.5) is 4.39 Å². The Kier molecular flexibility index (Phi) is 4.01. The van der Waals surface area contributed by atoms with E-state index < -0.39 is 0 Å². The minimum absolute atomic E-state index is 0.0633. The van der Waals surface area contributed by atoms with E-state index in [0.29, 0.717) is 6.42 Å². The zero-order valence-corrected chi connectivity index (χ0v) is 11.4. The zero-order chi connectivity index (χ0) is 13.9. The summed E-state index contributed by atoms with van der Waals surface area (Å²) in [6.45, 7) is 4.14. The van der Waals surface area contributed by atoms with Crippen molar-refractivity contribution in [1.82, 2.24) is 0 Å². The summed E-state index contributed by atoms with van der Waals surface area (Å²) in [4.78, 5) is 0. The molecule has 0 aromatic heterocycles. The first-order valence-corrected chi connectivity index (χ1v) is 6.46. The summed E-state index contributed by atoms with van der Waals surface area (Å²) in [5.41, 5.74) is 2.97. The molecule has 100 valence electrons. The largest absolute Gasteiger partial charge is 0.395 e. The van der Waals surface area contributed by atoms with Gasteiger partial charge in [0, 0.05) is 5.41 Å². The molecule has 0 aliphatic carbocycles. The summed E-state index contributed by atoms with van der Waals surface area (Å²) in [7, 11) is 0. The highest BCUT2D eigenvalue weighted by molar-refractivity contribution is 5.32. The Morgan fingerprint density at radius 1 is 1.11 bits per heavy atom. The fourth-order valence-corrected chi connectivity index (χ4v) is 2.32. The van der Waals surface area contributed by atoms with E-state index in [1.807, 2.05) is 32.0 Å².